The number of nitriles is 2. The highest BCUT2D eigenvalue weighted by Crippen LogP contribution is 2.34. The molecule has 8 heteroatoms. The fraction of sp³-hybridized carbons (Fsp3) is 0.379. The number of aryl methyl sites for hydroxylation is 2. The second-order valence-corrected chi connectivity index (χ2v) is 9.62. The first-order valence-electron chi connectivity index (χ1n) is 12.7. The van der Waals surface area contributed by atoms with Crippen molar-refractivity contribution in [3.8, 4) is 23.8 Å². The van der Waals surface area contributed by atoms with Gasteiger partial charge < -0.3 is 14.8 Å². The number of aromatic nitrogens is 2. The molecule has 0 radical (unpaired) electrons. The third kappa shape index (κ3) is 5.56. The average molecular weight is 495 g/mol. The van der Waals surface area contributed by atoms with Crippen LogP contribution in [0.5, 0.6) is 11.6 Å². The van der Waals surface area contributed by atoms with Crippen LogP contribution in [-0.2, 0) is 17.6 Å². The van der Waals surface area contributed by atoms with Crippen LogP contribution in [-0.4, -0.2) is 47.2 Å². The van der Waals surface area contributed by atoms with Crippen LogP contribution in [0.1, 0.15) is 46.4 Å². The fourth-order valence-electron chi connectivity index (χ4n) is 5.17. The largest absolute Gasteiger partial charge is 0.438 e. The van der Waals surface area contributed by atoms with E-state index in [0.717, 1.165) is 85.8 Å². The summed E-state index contributed by atoms with van der Waals surface area (Å²) in [5, 5.41) is 21.7. The zero-order valence-electron chi connectivity index (χ0n) is 21.3. The number of ether oxygens (including phenoxy) is 2. The molecule has 1 aromatic heterocycles. The normalized spacial score (nSPS) is 16.2. The van der Waals surface area contributed by atoms with Crippen LogP contribution in [0.4, 0.5) is 11.6 Å². The van der Waals surface area contributed by atoms with E-state index in [2.05, 4.69) is 22.4 Å². The predicted molar refractivity (Wildman–Crippen MR) is 140 cm³/mol. The number of hydrogen-bond donors (Lipinski definition) is 1. The molecular formula is C29H30N6O2. The standard InChI is InChI=1S/C29H30N6O2/c1-19-15-22(18-31)16-20(2)27(19)37-28-25-7-11-35(24-9-13-36-14-10-24)12-8-26(25)33-29(34-28)32-23-5-3-21(17-30)4-6-23/h3-6,15-16,24H,7-14H2,1-2H3,(H,32,33,34). The van der Waals surface area contributed by atoms with E-state index in [1.165, 1.54) is 0 Å². The minimum atomic E-state index is 0.460. The molecule has 3 heterocycles. The van der Waals surface area contributed by atoms with Gasteiger partial charge in [0.15, 0.2) is 0 Å². The van der Waals surface area contributed by atoms with E-state index in [1.807, 2.05) is 38.1 Å². The number of anilines is 2. The highest BCUT2D eigenvalue weighted by atomic mass is 16.5. The van der Waals surface area contributed by atoms with E-state index >= 15 is 0 Å². The van der Waals surface area contributed by atoms with Gasteiger partial charge in [0.05, 0.1) is 29.0 Å². The predicted octanol–water partition coefficient (Wildman–Crippen LogP) is 4.95. The van der Waals surface area contributed by atoms with E-state index < -0.39 is 0 Å². The third-order valence-corrected chi connectivity index (χ3v) is 7.11. The van der Waals surface area contributed by atoms with E-state index in [0.29, 0.717) is 29.0 Å². The fourth-order valence-corrected chi connectivity index (χ4v) is 5.17. The van der Waals surface area contributed by atoms with Crippen LogP contribution in [0.25, 0.3) is 0 Å². The second kappa shape index (κ2) is 11.0. The molecule has 37 heavy (non-hydrogen) atoms. The van der Waals surface area contributed by atoms with Crippen LogP contribution in [0.15, 0.2) is 36.4 Å². The summed E-state index contributed by atoms with van der Waals surface area (Å²) in [6.45, 7) is 7.39. The molecule has 2 aliphatic heterocycles. The first-order chi connectivity index (χ1) is 18.0. The minimum Gasteiger partial charge on any atom is -0.438 e. The quantitative estimate of drug-likeness (QED) is 0.531. The van der Waals surface area contributed by atoms with Crippen LogP contribution in [0.2, 0.25) is 0 Å². The molecule has 0 spiro atoms. The lowest BCUT2D eigenvalue weighted by Gasteiger charge is -2.33. The average Bonchev–Trinajstić information content (AvgIpc) is 3.14. The Labute approximate surface area is 217 Å². The van der Waals surface area contributed by atoms with Gasteiger partial charge in [0.1, 0.15) is 5.75 Å². The zero-order valence-corrected chi connectivity index (χ0v) is 21.3. The maximum Gasteiger partial charge on any atom is 0.230 e. The molecule has 0 atom stereocenters. The molecular weight excluding hydrogens is 464 g/mol. The lowest BCUT2D eigenvalue weighted by Crippen LogP contribution is -2.40. The molecule has 2 aliphatic rings. The first kappa shape index (κ1) is 24.7. The Morgan fingerprint density at radius 1 is 0.946 bits per heavy atom. The van der Waals surface area contributed by atoms with Gasteiger partial charge in [-0.15, -0.1) is 0 Å². The molecule has 0 aliphatic carbocycles. The van der Waals surface area contributed by atoms with Gasteiger partial charge in [0, 0.05) is 50.0 Å². The Kier molecular flexibility index (Phi) is 7.32. The highest BCUT2D eigenvalue weighted by Gasteiger charge is 2.27. The van der Waals surface area contributed by atoms with Crippen LogP contribution in [0.3, 0.4) is 0 Å². The Morgan fingerprint density at radius 3 is 2.30 bits per heavy atom. The monoisotopic (exact) mass is 494 g/mol. The molecule has 1 saturated heterocycles. The van der Waals surface area contributed by atoms with E-state index in [1.54, 1.807) is 12.1 Å². The molecule has 188 valence electrons. The maximum atomic E-state index is 9.35. The Morgan fingerprint density at radius 2 is 1.62 bits per heavy atom. The summed E-state index contributed by atoms with van der Waals surface area (Å²) in [5.74, 6) is 1.72. The number of benzene rings is 2. The van der Waals surface area contributed by atoms with Crippen molar-refractivity contribution < 1.29 is 9.47 Å². The summed E-state index contributed by atoms with van der Waals surface area (Å²) in [6.07, 6.45) is 3.72. The summed E-state index contributed by atoms with van der Waals surface area (Å²) < 4.78 is 12.1. The van der Waals surface area contributed by atoms with Crippen molar-refractivity contribution in [1.82, 2.24) is 14.9 Å². The maximum absolute atomic E-state index is 9.35. The first-order valence-corrected chi connectivity index (χ1v) is 12.7. The van der Waals surface area contributed by atoms with Crippen LogP contribution < -0.4 is 10.1 Å². The molecule has 1 N–H and O–H groups in total. The number of nitrogens with one attached hydrogen (secondary N) is 1. The molecule has 0 saturated carbocycles. The van der Waals surface area contributed by atoms with E-state index in [4.69, 9.17) is 24.7 Å². The number of nitrogens with zero attached hydrogens (tertiary/aromatic N) is 5. The summed E-state index contributed by atoms with van der Waals surface area (Å²) in [4.78, 5) is 12.3. The number of fused-ring (bicyclic) bond motifs is 1. The number of hydrogen-bond acceptors (Lipinski definition) is 8. The molecule has 8 nitrogen and oxygen atoms in total. The Balaban J connectivity index is 1.49. The van der Waals surface area contributed by atoms with Crippen molar-refractivity contribution in [2.24, 2.45) is 0 Å². The van der Waals surface area contributed by atoms with Gasteiger partial charge in [-0.1, -0.05) is 0 Å². The van der Waals surface area contributed by atoms with Gasteiger partial charge in [0.2, 0.25) is 11.8 Å². The Bertz CT molecular complexity index is 1340. The van der Waals surface area contributed by atoms with Gasteiger partial charge in [0.25, 0.3) is 0 Å². The molecule has 5 rings (SSSR count). The molecule has 0 bridgehead atoms. The summed E-state index contributed by atoms with van der Waals surface area (Å²) >= 11 is 0. The molecule has 0 amide bonds. The van der Waals surface area contributed by atoms with E-state index in [9.17, 15) is 5.26 Å². The van der Waals surface area contributed by atoms with Crippen molar-refractivity contribution in [3.05, 3.63) is 69.9 Å². The van der Waals surface area contributed by atoms with Crippen molar-refractivity contribution >= 4 is 11.6 Å². The van der Waals surface area contributed by atoms with Crippen molar-refractivity contribution in [2.45, 2.75) is 45.6 Å². The lowest BCUT2D eigenvalue weighted by molar-refractivity contribution is 0.0355. The van der Waals surface area contributed by atoms with Gasteiger partial charge in [-0.05, 0) is 80.6 Å². The summed E-state index contributed by atoms with van der Waals surface area (Å²) in [6, 6.07) is 15.8. The lowest BCUT2D eigenvalue weighted by atomic mass is 10.1. The molecule has 3 aromatic rings. The number of rotatable bonds is 5. The SMILES string of the molecule is Cc1cc(C#N)cc(C)c1Oc1nc(Nc2ccc(C#N)cc2)nc2c1CCN(C1CCOCC1)CC2. The van der Waals surface area contributed by atoms with E-state index in [-0.39, 0.29) is 0 Å². The molecule has 2 aromatic carbocycles. The zero-order chi connectivity index (χ0) is 25.8. The van der Waals surface area contributed by atoms with Gasteiger partial charge in [-0.2, -0.15) is 15.5 Å². The van der Waals surface area contributed by atoms with Gasteiger partial charge in [-0.25, -0.2) is 4.98 Å². The summed E-state index contributed by atoms with van der Waals surface area (Å²) in [5.41, 5.74) is 5.80. The van der Waals surface area contributed by atoms with Crippen molar-refractivity contribution in [1.29, 1.82) is 10.5 Å². The van der Waals surface area contributed by atoms with Crippen LogP contribution in [0, 0.1) is 36.5 Å². The van der Waals surface area contributed by atoms with Gasteiger partial charge >= 0.3 is 0 Å². The topological polar surface area (TPSA) is 107 Å². The summed E-state index contributed by atoms with van der Waals surface area (Å²) in [7, 11) is 0. The van der Waals surface area contributed by atoms with Gasteiger partial charge in [-0.3, -0.25) is 4.90 Å². The molecule has 0 unspecified atom stereocenters. The smallest absolute Gasteiger partial charge is 0.230 e. The van der Waals surface area contributed by atoms with Crippen molar-refractivity contribution in [3.63, 3.8) is 0 Å². The third-order valence-electron chi connectivity index (χ3n) is 7.11. The van der Waals surface area contributed by atoms with Crippen molar-refractivity contribution in [2.75, 3.05) is 31.6 Å². The second-order valence-electron chi connectivity index (χ2n) is 9.62. The Hall–Kier alpha value is -3.98. The molecule has 1 fully saturated rings. The van der Waals surface area contributed by atoms with Crippen LogP contribution >= 0.6 is 0 Å². The highest BCUT2D eigenvalue weighted by molar-refractivity contribution is 5.57. The minimum absolute atomic E-state index is 0.460.